The quantitative estimate of drug-likeness (QED) is 0.806. The Morgan fingerprint density at radius 1 is 1.60 bits per heavy atom. The maximum atomic E-state index is 5.43. The van der Waals surface area contributed by atoms with E-state index in [1.807, 2.05) is 24.1 Å². The third kappa shape index (κ3) is 2.58. The summed E-state index contributed by atoms with van der Waals surface area (Å²) in [5.74, 6) is 0. The zero-order chi connectivity index (χ0) is 10.7. The first-order valence-corrected chi connectivity index (χ1v) is 5.53. The van der Waals surface area contributed by atoms with Crippen LogP contribution in [0.25, 0.3) is 0 Å². The molecule has 1 aromatic rings. The van der Waals surface area contributed by atoms with E-state index in [0.29, 0.717) is 12.1 Å². The predicted molar refractivity (Wildman–Crippen MR) is 58.5 cm³/mol. The van der Waals surface area contributed by atoms with E-state index in [1.165, 1.54) is 24.8 Å². The van der Waals surface area contributed by atoms with Crippen LogP contribution in [0.2, 0.25) is 0 Å². The van der Waals surface area contributed by atoms with Gasteiger partial charge in [0.2, 0.25) is 0 Å². The topological polar surface area (TPSA) is 39.1 Å². The van der Waals surface area contributed by atoms with E-state index < -0.39 is 0 Å². The van der Waals surface area contributed by atoms with Crippen LogP contribution in [0, 0.1) is 0 Å². The monoisotopic (exact) mass is 209 g/mol. The molecule has 0 aliphatic heterocycles. The van der Waals surface area contributed by atoms with Crippen LogP contribution in [0.15, 0.2) is 12.4 Å². The molecule has 2 rings (SSSR count). The van der Waals surface area contributed by atoms with Gasteiger partial charge in [-0.3, -0.25) is 4.68 Å². The zero-order valence-corrected chi connectivity index (χ0v) is 9.44. The van der Waals surface area contributed by atoms with Crippen molar-refractivity contribution in [3.8, 4) is 0 Å². The van der Waals surface area contributed by atoms with Gasteiger partial charge in [-0.15, -0.1) is 0 Å². The molecule has 0 amide bonds. The number of nitrogens with zero attached hydrogens (tertiary/aromatic N) is 2. The minimum absolute atomic E-state index is 0.390. The zero-order valence-electron chi connectivity index (χ0n) is 9.44. The second-order valence-corrected chi connectivity index (χ2v) is 4.21. The molecule has 1 aliphatic rings. The lowest BCUT2D eigenvalue weighted by Crippen LogP contribution is -2.36. The highest BCUT2D eigenvalue weighted by Crippen LogP contribution is 2.21. The number of rotatable bonds is 4. The van der Waals surface area contributed by atoms with Crippen LogP contribution >= 0.6 is 0 Å². The maximum Gasteiger partial charge on any atom is 0.0724 e. The van der Waals surface area contributed by atoms with Gasteiger partial charge in [0.25, 0.3) is 0 Å². The Labute approximate surface area is 90.6 Å². The normalized spacial score (nSPS) is 26.0. The fraction of sp³-hybridized carbons (Fsp3) is 0.727. The summed E-state index contributed by atoms with van der Waals surface area (Å²) in [5, 5.41) is 7.68. The molecular weight excluding hydrogens is 190 g/mol. The highest BCUT2D eigenvalue weighted by Gasteiger charge is 2.26. The highest BCUT2D eigenvalue weighted by molar-refractivity contribution is 5.03. The minimum atomic E-state index is 0.390. The van der Waals surface area contributed by atoms with Crippen LogP contribution < -0.4 is 5.32 Å². The van der Waals surface area contributed by atoms with Gasteiger partial charge >= 0.3 is 0 Å². The molecule has 1 saturated carbocycles. The number of aromatic nitrogens is 2. The molecule has 1 N–H and O–H groups in total. The van der Waals surface area contributed by atoms with Crippen LogP contribution in [0.4, 0.5) is 0 Å². The highest BCUT2D eigenvalue weighted by atomic mass is 16.5. The van der Waals surface area contributed by atoms with Crippen molar-refractivity contribution in [2.24, 2.45) is 7.05 Å². The number of hydrogen-bond acceptors (Lipinski definition) is 3. The van der Waals surface area contributed by atoms with E-state index in [9.17, 15) is 0 Å². The van der Waals surface area contributed by atoms with Gasteiger partial charge in [-0.1, -0.05) is 0 Å². The molecule has 0 saturated heterocycles. The molecule has 0 aromatic carbocycles. The molecule has 0 bridgehead atoms. The fourth-order valence-corrected chi connectivity index (χ4v) is 2.25. The molecule has 0 radical (unpaired) electrons. The van der Waals surface area contributed by atoms with E-state index in [2.05, 4.69) is 10.4 Å². The van der Waals surface area contributed by atoms with E-state index in [1.54, 1.807) is 7.11 Å². The summed E-state index contributed by atoms with van der Waals surface area (Å²) in [4.78, 5) is 0. The van der Waals surface area contributed by atoms with Crippen LogP contribution in [0.3, 0.4) is 0 Å². The molecule has 2 atom stereocenters. The van der Waals surface area contributed by atoms with Crippen molar-refractivity contribution < 1.29 is 4.74 Å². The van der Waals surface area contributed by atoms with Gasteiger partial charge in [-0.2, -0.15) is 5.10 Å². The van der Waals surface area contributed by atoms with Crippen molar-refractivity contribution in [1.82, 2.24) is 15.1 Å². The molecule has 4 nitrogen and oxygen atoms in total. The van der Waals surface area contributed by atoms with E-state index in [0.717, 1.165) is 6.54 Å². The average molecular weight is 209 g/mol. The molecular formula is C11H19N3O. The Hall–Kier alpha value is -0.870. The Bertz CT molecular complexity index is 311. The largest absolute Gasteiger partial charge is 0.380 e. The second kappa shape index (κ2) is 4.77. The molecule has 2 unspecified atom stereocenters. The van der Waals surface area contributed by atoms with E-state index in [4.69, 9.17) is 4.74 Å². The van der Waals surface area contributed by atoms with Crippen molar-refractivity contribution in [3.63, 3.8) is 0 Å². The van der Waals surface area contributed by atoms with Crippen molar-refractivity contribution >= 4 is 0 Å². The summed E-state index contributed by atoms with van der Waals surface area (Å²) in [6.45, 7) is 0.887. The van der Waals surface area contributed by atoms with Crippen molar-refractivity contribution in [2.75, 3.05) is 7.11 Å². The minimum Gasteiger partial charge on any atom is -0.380 e. The third-order valence-corrected chi connectivity index (χ3v) is 3.08. The van der Waals surface area contributed by atoms with Crippen LogP contribution in [0.1, 0.15) is 24.8 Å². The molecule has 84 valence electrons. The number of nitrogens with one attached hydrogen (secondary N) is 1. The van der Waals surface area contributed by atoms with E-state index in [-0.39, 0.29) is 0 Å². The first-order valence-electron chi connectivity index (χ1n) is 5.53. The van der Waals surface area contributed by atoms with Gasteiger partial charge in [-0.25, -0.2) is 0 Å². The Kier molecular flexibility index (Phi) is 3.38. The molecule has 1 aromatic heterocycles. The van der Waals surface area contributed by atoms with Gasteiger partial charge in [0.1, 0.15) is 0 Å². The Morgan fingerprint density at radius 2 is 2.47 bits per heavy atom. The molecule has 1 fully saturated rings. The van der Waals surface area contributed by atoms with Crippen molar-refractivity contribution in [2.45, 2.75) is 38.0 Å². The average Bonchev–Trinajstić information content (AvgIpc) is 2.83. The summed E-state index contributed by atoms with van der Waals surface area (Å²) in [5.41, 5.74) is 1.24. The lowest BCUT2D eigenvalue weighted by molar-refractivity contribution is 0.0847. The fourth-order valence-electron chi connectivity index (χ4n) is 2.25. The maximum absolute atomic E-state index is 5.43. The lowest BCUT2D eigenvalue weighted by atomic mass is 10.2. The van der Waals surface area contributed by atoms with Gasteiger partial charge in [0, 0.05) is 38.5 Å². The van der Waals surface area contributed by atoms with Crippen LogP contribution in [0.5, 0.6) is 0 Å². The van der Waals surface area contributed by atoms with Gasteiger partial charge < -0.3 is 10.1 Å². The second-order valence-electron chi connectivity index (χ2n) is 4.21. The first kappa shape index (κ1) is 10.6. The predicted octanol–water partition coefficient (Wildman–Crippen LogP) is 1.08. The summed E-state index contributed by atoms with van der Waals surface area (Å²) in [6, 6.07) is 0.509. The van der Waals surface area contributed by atoms with Gasteiger partial charge in [-0.05, 0) is 19.3 Å². The van der Waals surface area contributed by atoms with Gasteiger partial charge in [0.15, 0.2) is 0 Å². The summed E-state index contributed by atoms with van der Waals surface area (Å²) < 4.78 is 7.27. The number of aryl methyl sites for hydroxylation is 1. The number of methoxy groups -OCH3 is 1. The SMILES string of the molecule is COC1CCCC1NCc1cnn(C)c1. The number of hydrogen-bond donors (Lipinski definition) is 1. The lowest BCUT2D eigenvalue weighted by Gasteiger charge is -2.19. The molecule has 0 spiro atoms. The van der Waals surface area contributed by atoms with Crippen molar-refractivity contribution in [3.05, 3.63) is 18.0 Å². The summed E-state index contributed by atoms with van der Waals surface area (Å²) >= 11 is 0. The molecule has 1 heterocycles. The first-order chi connectivity index (χ1) is 7.29. The number of ether oxygens (including phenoxy) is 1. The summed E-state index contributed by atoms with van der Waals surface area (Å²) in [6.07, 6.45) is 8.01. The molecule has 4 heteroatoms. The molecule has 1 aliphatic carbocycles. The smallest absolute Gasteiger partial charge is 0.0724 e. The van der Waals surface area contributed by atoms with Crippen molar-refractivity contribution in [1.29, 1.82) is 0 Å². The standard InChI is InChI=1S/C11H19N3O/c1-14-8-9(7-13-14)6-12-10-4-3-5-11(10)15-2/h7-8,10-12H,3-6H2,1-2H3. The van der Waals surface area contributed by atoms with Gasteiger partial charge in [0.05, 0.1) is 12.3 Å². The van der Waals surface area contributed by atoms with E-state index >= 15 is 0 Å². The third-order valence-electron chi connectivity index (χ3n) is 3.08. The molecule has 15 heavy (non-hydrogen) atoms. The Balaban J connectivity index is 1.82. The Morgan fingerprint density at radius 3 is 3.13 bits per heavy atom. The van der Waals surface area contributed by atoms with Crippen LogP contribution in [-0.2, 0) is 18.3 Å². The summed E-state index contributed by atoms with van der Waals surface area (Å²) in [7, 11) is 3.74. The van der Waals surface area contributed by atoms with Crippen LogP contribution in [-0.4, -0.2) is 29.0 Å².